The molecule has 0 saturated carbocycles. The molecule has 0 aromatic heterocycles. The van der Waals surface area contributed by atoms with Crippen molar-refractivity contribution in [1.29, 1.82) is 0 Å². The summed E-state index contributed by atoms with van der Waals surface area (Å²) in [5, 5.41) is 2.64. The number of hydrogen-bond donors (Lipinski definition) is 2. The Labute approximate surface area is 161 Å². The molecule has 1 aliphatic rings. The van der Waals surface area contributed by atoms with Crippen LogP contribution in [0, 0.1) is 0 Å². The summed E-state index contributed by atoms with van der Waals surface area (Å²) >= 11 is 0. The van der Waals surface area contributed by atoms with Crippen LogP contribution in [0.2, 0.25) is 0 Å². The number of nitrogen functional groups attached to an aromatic ring is 1. The van der Waals surface area contributed by atoms with Crippen LogP contribution in [0.3, 0.4) is 0 Å². The average Bonchev–Trinajstić information content (AvgIpc) is 2.91. The number of carbonyl (C=O) groups excluding carboxylic acids is 4. The number of hydrogen-bond acceptors (Lipinski definition) is 5. The van der Waals surface area contributed by atoms with Crippen LogP contribution in [0.4, 0.5) is 16.2 Å². The quantitative estimate of drug-likeness (QED) is 0.468. The molecule has 0 unspecified atom stereocenters. The van der Waals surface area contributed by atoms with E-state index in [-0.39, 0.29) is 24.9 Å². The summed E-state index contributed by atoms with van der Waals surface area (Å²) < 4.78 is 0. The fourth-order valence-corrected chi connectivity index (χ4v) is 3.02. The Hall–Kier alpha value is -3.68. The summed E-state index contributed by atoms with van der Waals surface area (Å²) in [6.45, 7) is 1.66. The van der Waals surface area contributed by atoms with Gasteiger partial charge in [0.15, 0.2) is 0 Å². The molecule has 0 radical (unpaired) electrons. The van der Waals surface area contributed by atoms with E-state index < -0.39 is 11.9 Å². The third-order valence-corrected chi connectivity index (χ3v) is 4.38. The van der Waals surface area contributed by atoms with Crippen molar-refractivity contribution in [2.75, 3.05) is 23.7 Å². The van der Waals surface area contributed by atoms with E-state index in [2.05, 4.69) is 5.32 Å². The fourth-order valence-electron chi connectivity index (χ4n) is 3.02. The number of nitrogens with one attached hydrogen (secondary N) is 1. The number of fused-ring (bicyclic) bond motifs is 1. The van der Waals surface area contributed by atoms with Gasteiger partial charge in [-0.05, 0) is 42.8 Å². The van der Waals surface area contributed by atoms with Gasteiger partial charge in [-0.2, -0.15) is 0 Å². The number of rotatable bonds is 5. The highest BCUT2D eigenvalue weighted by molar-refractivity contribution is 6.21. The molecule has 2 aromatic rings. The number of amides is 5. The van der Waals surface area contributed by atoms with Crippen LogP contribution in [-0.2, 0) is 4.79 Å². The van der Waals surface area contributed by atoms with Gasteiger partial charge < -0.3 is 11.1 Å². The van der Waals surface area contributed by atoms with Crippen molar-refractivity contribution in [3.8, 4) is 0 Å². The van der Waals surface area contributed by atoms with Crippen molar-refractivity contribution in [3.63, 3.8) is 0 Å². The number of nitrogens with zero attached hydrogens (tertiary/aromatic N) is 2. The van der Waals surface area contributed by atoms with Gasteiger partial charge in [-0.25, -0.2) is 9.69 Å². The minimum Gasteiger partial charge on any atom is -0.399 e. The molecular weight excluding hydrogens is 360 g/mol. The zero-order chi connectivity index (χ0) is 20.3. The maximum Gasteiger partial charge on any atom is 0.328 e. The summed E-state index contributed by atoms with van der Waals surface area (Å²) in [5.41, 5.74) is 7.33. The zero-order valence-corrected chi connectivity index (χ0v) is 15.3. The van der Waals surface area contributed by atoms with Crippen LogP contribution >= 0.6 is 0 Å². The molecule has 5 amide bonds. The third kappa shape index (κ3) is 3.71. The Balaban J connectivity index is 1.55. The lowest BCUT2D eigenvalue weighted by Gasteiger charge is -2.20. The fraction of sp³-hybridized carbons (Fsp3) is 0.200. The van der Waals surface area contributed by atoms with Crippen molar-refractivity contribution >= 4 is 35.1 Å². The van der Waals surface area contributed by atoms with Gasteiger partial charge in [0.1, 0.15) is 0 Å². The first-order valence-corrected chi connectivity index (χ1v) is 8.79. The zero-order valence-electron chi connectivity index (χ0n) is 15.3. The second-order valence-corrected chi connectivity index (χ2v) is 6.34. The molecule has 3 N–H and O–H groups in total. The molecule has 2 aromatic carbocycles. The van der Waals surface area contributed by atoms with Crippen molar-refractivity contribution in [2.24, 2.45) is 0 Å². The smallest absolute Gasteiger partial charge is 0.328 e. The number of carbonyl (C=O) groups is 4. The lowest BCUT2D eigenvalue weighted by atomic mass is 10.1. The molecule has 28 heavy (non-hydrogen) atoms. The van der Waals surface area contributed by atoms with E-state index in [1.807, 2.05) is 0 Å². The topological polar surface area (TPSA) is 113 Å². The lowest BCUT2D eigenvalue weighted by Crippen LogP contribution is -2.44. The van der Waals surface area contributed by atoms with Crippen molar-refractivity contribution in [1.82, 2.24) is 10.2 Å². The van der Waals surface area contributed by atoms with Crippen LogP contribution in [0.5, 0.6) is 0 Å². The third-order valence-electron chi connectivity index (χ3n) is 4.38. The molecule has 144 valence electrons. The first-order chi connectivity index (χ1) is 13.4. The van der Waals surface area contributed by atoms with Gasteiger partial charge in [0.2, 0.25) is 5.91 Å². The standard InChI is InChI=1S/C20H20N4O4/c1-13(25)24(15-9-7-14(21)8-10-15)20(28)22-11-4-12-23-18(26)16-5-2-3-6-17(16)19(23)27/h2-3,5-10H,4,11-12,21H2,1H3,(H,22,28). The van der Waals surface area contributed by atoms with E-state index >= 15 is 0 Å². The van der Waals surface area contributed by atoms with Crippen LogP contribution in [0.25, 0.3) is 0 Å². The average molecular weight is 380 g/mol. The molecule has 3 rings (SSSR count). The summed E-state index contributed by atoms with van der Waals surface area (Å²) in [6, 6.07) is 12.4. The summed E-state index contributed by atoms with van der Waals surface area (Å²) in [6.07, 6.45) is 0.366. The second-order valence-electron chi connectivity index (χ2n) is 6.34. The molecule has 0 aliphatic carbocycles. The molecule has 8 nitrogen and oxygen atoms in total. The van der Waals surface area contributed by atoms with Crippen LogP contribution in [-0.4, -0.2) is 41.7 Å². The predicted octanol–water partition coefficient (Wildman–Crippen LogP) is 2.02. The molecule has 8 heteroatoms. The van der Waals surface area contributed by atoms with Gasteiger partial charge in [-0.1, -0.05) is 12.1 Å². The minimum absolute atomic E-state index is 0.175. The van der Waals surface area contributed by atoms with E-state index in [1.54, 1.807) is 48.5 Å². The Bertz CT molecular complexity index is 904. The minimum atomic E-state index is -0.584. The Morgan fingerprint density at radius 2 is 1.57 bits per heavy atom. The van der Waals surface area contributed by atoms with E-state index in [9.17, 15) is 19.2 Å². The molecule has 0 atom stereocenters. The maximum absolute atomic E-state index is 12.4. The van der Waals surface area contributed by atoms with Crippen LogP contribution in [0.1, 0.15) is 34.1 Å². The highest BCUT2D eigenvalue weighted by Gasteiger charge is 2.34. The molecule has 1 heterocycles. The molecule has 0 fully saturated rings. The largest absolute Gasteiger partial charge is 0.399 e. The number of urea groups is 1. The molecule has 1 aliphatic heterocycles. The SMILES string of the molecule is CC(=O)N(C(=O)NCCCN1C(=O)c2ccccc2C1=O)c1ccc(N)cc1. The summed E-state index contributed by atoms with van der Waals surface area (Å²) in [7, 11) is 0. The predicted molar refractivity (Wildman–Crippen MR) is 104 cm³/mol. The Kier molecular flexibility index (Phi) is 5.39. The Morgan fingerprint density at radius 1 is 1.00 bits per heavy atom. The Morgan fingerprint density at radius 3 is 2.11 bits per heavy atom. The maximum atomic E-state index is 12.4. The van der Waals surface area contributed by atoms with E-state index in [4.69, 9.17) is 5.73 Å². The molecular formula is C20H20N4O4. The summed E-state index contributed by atoms with van der Waals surface area (Å²) in [4.78, 5) is 51.0. The molecule has 0 spiro atoms. The van der Waals surface area contributed by atoms with E-state index in [0.29, 0.717) is 28.9 Å². The normalized spacial score (nSPS) is 12.7. The molecule has 0 bridgehead atoms. The molecule has 0 saturated heterocycles. The number of nitrogens with two attached hydrogens (primary N) is 1. The monoisotopic (exact) mass is 380 g/mol. The highest BCUT2D eigenvalue weighted by Crippen LogP contribution is 2.22. The van der Waals surface area contributed by atoms with Crippen LogP contribution in [0.15, 0.2) is 48.5 Å². The van der Waals surface area contributed by atoms with Crippen molar-refractivity contribution in [2.45, 2.75) is 13.3 Å². The number of anilines is 2. The van der Waals surface area contributed by atoms with Gasteiger partial charge in [0.05, 0.1) is 16.8 Å². The highest BCUT2D eigenvalue weighted by atomic mass is 16.2. The van der Waals surface area contributed by atoms with E-state index in [0.717, 1.165) is 4.90 Å². The number of benzene rings is 2. The van der Waals surface area contributed by atoms with Gasteiger partial charge in [-0.15, -0.1) is 0 Å². The van der Waals surface area contributed by atoms with Gasteiger partial charge in [-0.3, -0.25) is 19.3 Å². The first-order valence-electron chi connectivity index (χ1n) is 8.79. The number of imide groups is 2. The van der Waals surface area contributed by atoms with Crippen molar-refractivity contribution in [3.05, 3.63) is 59.7 Å². The second kappa shape index (κ2) is 7.91. The lowest BCUT2D eigenvalue weighted by molar-refractivity contribution is -0.115. The first kappa shape index (κ1) is 19.1. The van der Waals surface area contributed by atoms with Crippen LogP contribution < -0.4 is 16.0 Å². The van der Waals surface area contributed by atoms with Gasteiger partial charge in [0, 0.05) is 25.7 Å². The summed E-state index contributed by atoms with van der Waals surface area (Å²) in [5.74, 6) is -1.11. The van der Waals surface area contributed by atoms with Gasteiger partial charge >= 0.3 is 6.03 Å². The van der Waals surface area contributed by atoms with Crippen molar-refractivity contribution < 1.29 is 19.2 Å². The van der Waals surface area contributed by atoms with E-state index in [1.165, 1.54) is 11.8 Å². The van der Waals surface area contributed by atoms with Gasteiger partial charge in [0.25, 0.3) is 11.8 Å².